The lowest BCUT2D eigenvalue weighted by Gasteiger charge is -2.36. The zero-order valence-electron chi connectivity index (χ0n) is 15.7. The molecule has 0 saturated heterocycles. The third-order valence-electron chi connectivity index (χ3n) is 5.54. The van der Waals surface area contributed by atoms with E-state index in [0.29, 0.717) is 29.0 Å². The van der Waals surface area contributed by atoms with Crippen LogP contribution in [0.15, 0.2) is 41.5 Å². The summed E-state index contributed by atoms with van der Waals surface area (Å²) >= 11 is 1.46. The fraction of sp³-hybridized carbons (Fsp3) is 0.350. The van der Waals surface area contributed by atoms with Crippen LogP contribution in [0.4, 0.5) is 23.2 Å². The largest absolute Gasteiger partial charge is 0.417 e. The number of anilines is 1. The smallest absolute Gasteiger partial charge is 0.379 e. The second-order valence-electron chi connectivity index (χ2n) is 7.35. The van der Waals surface area contributed by atoms with Gasteiger partial charge in [0.1, 0.15) is 11.5 Å². The van der Waals surface area contributed by atoms with Gasteiger partial charge in [0.05, 0.1) is 11.1 Å². The highest BCUT2D eigenvalue weighted by molar-refractivity contribution is 8.13. The number of carbonyl (C=O) groups is 1. The number of hydrogen-bond donors (Lipinski definition) is 2. The van der Waals surface area contributed by atoms with Crippen LogP contribution in [0.25, 0.3) is 0 Å². The van der Waals surface area contributed by atoms with Crippen LogP contribution < -0.4 is 11.1 Å². The second-order valence-corrected chi connectivity index (χ2v) is 8.39. The van der Waals surface area contributed by atoms with E-state index in [9.17, 15) is 22.4 Å². The average molecular weight is 438 g/mol. The molecule has 5 nitrogen and oxygen atoms in total. The number of amides is 1. The molecule has 0 radical (unpaired) electrons. The van der Waals surface area contributed by atoms with Crippen LogP contribution in [0, 0.1) is 11.7 Å². The van der Waals surface area contributed by atoms with Gasteiger partial charge in [0.2, 0.25) is 0 Å². The fourth-order valence-electron chi connectivity index (χ4n) is 4.08. The number of amidine groups is 1. The van der Waals surface area contributed by atoms with Crippen LogP contribution in [0.3, 0.4) is 0 Å². The number of thioether (sulfide) groups is 1. The van der Waals surface area contributed by atoms with Crippen LogP contribution in [0.2, 0.25) is 0 Å². The predicted molar refractivity (Wildman–Crippen MR) is 107 cm³/mol. The van der Waals surface area contributed by atoms with Crippen LogP contribution in [0.5, 0.6) is 0 Å². The molecule has 2 atom stereocenters. The third-order valence-corrected chi connectivity index (χ3v) is 6.50. The first-order chi connectivity index (χ1) is 14.2. The van der Waals surface area contributed by atoms with Gasteiger partial charge < -0.3 is 11.1 Å². The monoisotopic (exact) mass is 438 g/mol. The molecule has 1 saturated carbocycles. The van der Waals surface area contributed by atoms with E-state index in [1.165, 1.54) is 30.0 Å². The van der Waals surface area contributed by atoms with E-state index in [0.717, 1.165) is 30.7 Å². The Kier molecular flexibility index (Phi) is 5.21. The van der Waals surface area contributed by atoms with Crippen molar-refractivity contribution in [1.29, 1.82) is 0 Å². The molecule has 1 aliphatic carbocycles. The van der Waals surface area contributed by atoms with E-state index < -0.39 is 29.0 Å². The summed E-state index contributed by atoms with van der Waals surface area (Å²) in [5, 5.41) is 2.99. The van der Waals surface area contributed by atoms with E-state index in [1.54, 1.807) is 0 Å². The lowest BCUT2D eigenvalue weighted by Crippen LogP contribution is -2.37. The van der Waals surface area contributed by atoms with E-state index in [1.807, 2.05) is 0 Å². The molecule has 3 N–H and O–H groups in total. The van der Waals surface area contributed by atoms with Crippen molar-refractivity contribution in [3.63, 3.8) is 0 Å². The van der Waals surface area contributed by atoms with Crippen molar-refractivity contribution < 1.29 is 22.4 Å². The molecule has 0 bridgehead atoms. The van der Waals surface area contributed by atoms with Crippen molar-refractivity contribution in [1.82, 2.24) is 4.98 Å². The summed E-state index contributed by atoms with van der Waals surface area (Å²) in [4.78, 5) is 20.6. The van der Waals surface area contributed by atoms with Gasteiger partial charge in [-0.2, -0.15) is 13.2 Å². The number of alkyl halides is 3. The summed E-state index contributed by atoms with van der Waals surface area (Å²) in [7, 11) is 0. The molecule has 1 amide bonds. The Hall–Kier alpha value is -2.62. The number of aromatic nitrogens is 1. The summed E-state index contributed by atoms with van der Waals surface area (Å²) in [6, 6.07) is 5.96. The first-order valence-corrected chi connectivity index (χ1v) is 10.3. The van der Waals surface area contributed by atoms with Crippen molar-refractivity contribution >= 4 is 28.5 Å². The highest BCUT2D eigenvalue weighted by Gasteiger charge is 2.48. The number of rotatable bonds is 3. The van der Waals surface area contributed by atoms with Gasteiger partial charge in [-0.15, -0.1) is 0 Å². The highest BCUT2D eigenvalue weighted by Crippen LogP contribution is 2.51. The highest BCUT2D eigenvalue weighted by atomic mass is 32.2. The zero-order valence-corrected chi connectivity index (χ0v) is 16.5. The summed E-state index contributed by atoms with van der Waals surface area (Å²) in [6.07, 6.45) is -1.47. The van der Waals surface area contributed by atoms with Crippen LogP contribution in [0.1, 0.15) is 40.9 Å². The predicted octanol–water partition coefficient (Wildman–Crippen LogP) is 4.55. The maximum Gasteiger partial charge on any atom is 0.417 e. The number of aliphatic imine (C=N–C) groups is 1. The number of fused-ring (bicyclic) bond motifs is 1. The Labute approximate surface area is 174 Å². The molecule has 2 heterocycles. The maximum atomic E-state index is 14.8. The zero-order chi connectivity index (χ0) is 21.5. The Bertz CT molecular complexity index is 1010. The number of nitrogens with one attached hydrogen (secondary N) is 1. The van der Waals surface area contributed by atoms with Gasteiger partial charge in [0, 0.05) is 23.2 Å². The normalized spacial score (nSPS) is 23.6. The number of benzene rings is 1. The molecule has 1 aliphatic heterocycles. The molecule has 1 fully saturated rings. The molecule has 4 rings (SSSR count). The van der Waals surface area contributed by atoms with E-state index in [-0.39, 0.29) is 11.6 Å². The number of hydrogen-bond acceptors (Lipinski definition) is 5. The lowest BCUT2D eigenvalue weighted by atomic mass is 9.81. The third kappa shape index (κ3) is 3.76. The van der Waals surface area contributed by atoms with E-state index in [2.05, 4.69) is 15.3 Å². The van der Waals surface area contributed by atoms with Crippen molar-refractivity contribution in [2.24, 2.45) is 16.6 Å². The van der Waals surface area contributed by atoms with Gasteiger partial charge >= 0.3 is 6.18 Å². The second kappa shape index (κ2) is 7.57. The van der Waals surface area contributed by atoms with Crippen LogP contribution >= 0.6 is 11.8 Å². The van der Waals surface area contributed by atoms with Gasteiger partial charge in [0.15, 0.2) is 5.17 Å². The molecule has 30 heavy (non-hydrogen) atoms. The fourth-order valence-corrected chi connectivity index (χ4v) is 5.13. The minimum Gasteiger partial charge on any atom is -0.379 e. The molecule has 2 aliphatic rings. The number of nitrogens with zero attached hydrogens (tertiary/aromatic N) is 2. The quantitative estimate of drug-likeness (QED) is 0.689. The van der Waals surface area contributed by atoms with Gasteiger partial charge in [-0.1, -0.05) is 18.2 Å². The average Bonchev–Trinajstić information content (AvgIpc) is 3.12. The summed E-state index contributed by atoms with van der Waals surface area (Å²) in [5.41, 5.74) is 4.73. The van der Waals surface area contributed by atoms with Crippen molar-refractivity contribution in [2.75, 3.05) is 11.1 Å². The van der Waals surface area contributed by atoms with Crippen molar-refractivity contribution in [3.05, 3.63) is 59.2 Å². The minimum absolute atomic E-state index is 0.145. The minimum atomic E-state index is -4.54. The first-order valence-electron chi connectivity index (χ1n) is 9.32. The molecular formula is C20H18F4N4OS. The molecule has 0 spiro atoms. The Morgan fingerprint density at radius 2 is 2.07 bits per heavy atom. The van der Waals surface area contributed by atoms with Crippen molar-refractivity contribution in [3.8, 4) is 0 Å². The van der Waals surface area contributed by atoms with Crippen molar-refractivity contribution in [2.45, 2.75) is 31.0 Å². The van der Waals surface area contributed by atoms with E-state index in [4.69, 9.17) is 5.73 Å². The Morgan fingerprint density at radius 1 is 1.27 bits per heavy atom. The molecule has 10 heteroatoms. The number of carbonyl (C=O) groups excluding carboxylic acids is 1. The topological polar surface area (TPSA) is 80.4 Å². The molecule has 0 unspecified atom stereocenters. The number of nitrogens with two attached hydrogens (primary N) is 1. The number of pyridine rings is 1. The SMILES string of the molecule is NC1=N[C@@]2(c3cc(NC(=O)c4ccc(C(F)(F)F)cn4)ccc3F)CCC[C@H]2CS1. The van der Waals surface area contributed by atoms with Gasteiger partial charge in [-0.3, -0.25) is 14.8 Å². The summed E-state index contributed by atoms with van der Waals surface area (Å²) in [6.45, 7) is 0. The van der Waals surface area contributed by atoms with Crippen LogP contribution in [-0.2, 0) is 11.7 Å². The van der Waals surface area contributed by atoms with Gasteiger partial charge in [0.25, 0.3) is 5.91 Å². The maximum absolute atomic E-state index is 14.8. The Balaban J connectivity index is 1.61. The number of halogens is 4. The Morgan fingerprint density at radius 3 is 2.77 bits per heavy atom. The van der Waals surface area contributed by atoms with Crippen LogP contribution in [-0.4, -0.2) is 21.8 Å². The van der Waals surface area contributed by atoms with Gasteiger partial charge in [-0.25, -0.2) is 4.39 Å². The summed E-state index contributed by atoms with van der Waals surface area (Å²) in [5.74, 6) is -0.229. The molecule has 2 aromatic rings. The molecule has 1 aromatic heterocycles. The molecule has 1 aromatic carbocycles. The molecule has 158 valence electrons. The van der Waals surface area contributed by atoms with Gasteiger partial charge in [-0.05, 0) is 49.1 Å². The van der Waals surface area contributed by atoms with E-state index >= 15 is 0 Å². The standard InChI is InChI=1S/C20H18F4N4OS/c21-15-5-4-13(27-17(29)16-6-3-11(9-26-16)20(22,23)24)8-14(15)19-7-1-2-12(19)10-30-18(25)28-19/h3-6,8-9,12H,1-2,7,10H2,(H2,25,28)(H,27,29)/t12-,19-/m0/s1. The summed E-state index contributed by atoms with van der Waals surface area (Å²) < 4.78 is 52.8. The lowest BCUT2D eigenvalue weighted by molar-refractivity contribution is -0.137. The first kappa shape index (κ1) is 20.6. The molecular weight excluding hydrogens is 420 g/mol.